The first-order valence-corrected chi connectivity index (χ1v) is 11.8. The number of pyridine rings is 1. The number of piperazine rings is 1. The molecule has 164 valence electrons. The van der Waals surface area contributed by atoms with Crippen LogP contribution in [0.5, 0.6) is 0 Å². The first-order valence-electron chi connectivity index (χ1n) is 10.7. The Hall–Kier alpha value is -2.45. The lowest BCUT2D eigenvalue weighted by Crippen LogP contribution is -2.46. The summed E-state index contributed by atoms with van der Waals surface area (Å²) in [5.41, 5.74) is 11.9. The lowest BCUT2D eigenvalue weighted by atomic mass is 10.1. The number of nitrogens with zero attached hydrogens (tertiary/aromatic N) is 4. The van der Waals surface area contributed by atoms with E-state index in [1.807, 2.05) is 42.6 Å². The maximum absolute atomic E-state index is 6.01. The zero-order chi connectivity index (χ0) is 22.1. The summed E-state index contributed by atoms with van der Waals surface area (Å²) >= 11 is 9.73. The molecule has 8 heteroatoms. The standard InChI is InChI=1S/C24H24BrClN6/c25-20-14-28-24-21(29-23(30-24)18-5-1-16(13-27)2-6-18)22(20)32-11-9-31(10-12-32)15-17-3-7-19(26)8-4-17/h1-8,14H,9-13,15,27H2,(H,28,29,30). The molecular formula is C24H24BrClN6. The van der Waals surface area contributed by atoms with Crippen LogP contribution in [0.15, 0.2) is 59.2 Å². The van der Waals surface area contributed by atoms with Gasteiger partial charge in [0.05, 0.1) is 10.2 Å². The maximum atomic E-state index is 6.01. The van der Waals surface area contributed by atoms with E-state index in [9.17, 15) is 0 Å². The highest BCUT2D eigenvalue weighted by atomic mass is 79.9. The van der Waals surface area contributed by atoms with Crippen LogP contribution in [0.1, 0.15) is 11.1 Å². The van der Waals surface area contributed by atoms with Gasteiger partial charge in [0, 0.05) is 56.1 Å². The zero-order valence-electron chi connectivity index (χ0n) is 17.6. The molecule has 2 aromatic carbocycles. The normalized spacial score (nSPS) is 14.9. The lowest BCUT2D eigenvalue weighted by molar-refractivity contribution is 0.250. The smallest absolute Gasteiger partial charge is 0.159 e. The third-order valence-corrected chi connectivity index (χ3v) is 6.75. The van der Waals surface area contributed by atoms with Crippen molar-refractivity contribution in [2.45, 2.75) is 13.1 Å². The first-order chi connectivity index (χ1) is 15.6. The maximum Gasteiger partial charge on any atom is 0.159 e. The fourth-order valence-corrected chi connectivity index (χ4v) is 4.80. The largest absolute Gasteiger partial charge is 0.366 e. The Morgan fingerprint density at radius 3 is 2.34 bits per heavy atom. The van der Waals surface area contributed by atoms with Crippen LogP contribution >= 0.6 is 27.5 Å². The number of aromatic nitrogens is 3. The van der Waals surface area contributed by atoms with Crippen LogP contribution < -0.4 is 10.6 Å². The van der Waals surface area contributed by atoms with Crippen molar-refractivity contribution in [2.24, 2.45) is 5.73 Å². The van der Waals surface area contributed by atoms with Crippen LogP contribution in [0.3, 0.4) is 0 Å². The highest BCUT2D eigenvalue weighted by molar-refractivity contribution is 9.10. The van der Waals surface area contributed by atoms with Gasteiger partial charge in [-0.05, 0) is 39.2 Å². The molecular weight excluding hydrogens is 488 g/mol. The Morgan fingerprint density at radius 2 is 1.66 bits per heavy atom. The van der Waals surface area contributed by atoms with Crippen LogP contribution in [0, 0.1) is 0 Å². The molecule has 0 bridgehead atoms. The highest BCUT2D eigenvalue weighted by Gasteiger charge is 2.23. The zero-order valence-corrected chi connectivity index (χ0v) is 19.9. The van der Waals surface area contributed by atoms with Crippen molar-refractivity contribution in [1.82, 2.24) is 19.9 Å². The molecule has 4 aromatic rings. The summed E-state index contributed by atoms with van der Waals surface area (Å²) in [6.45, 7) is 5.29. The third kappa shape index (κ3) is 4.38. The van der Waals surface area contributed by atoms with E-state index in [0.29, 0.717) is 6.54 Å². The molecule has 1 fully saturated rings. The number of H-pyrrole nitrogens is 1. The number of aromatic amines is 1. The second kappa shape index (κ2) is 9.19. The van der Waals surface area contributed by atoms with Gasteiger partial charge in [0.1, 0.15) is 11.3 Å². The van der Waals surface area contributed by atoms with E-state index >= 15 is 0 Å². The molecule has 1 aliphatic heterocycles. The van der Waals surface area contributed by atoms with Crippen LogP contribution in [-0.2, 0) is 13.1 Å². The number of benzene rings is 2. The minimum atomic E-state index is 0.531. The van der Waals surface area contributed by atoms with Gasteiger partial charge in [-0.2, -0.15) is 0 Å². The van der Waals surface area contributed by atoms with E-state index < -0.39 is 0 Å². The van der Waals surface area contributed by atoms with Crippen LogP contribution in [-0.4, -0.2) is 46.0 Å². The Morgan fingerprint density at radius 1 is 0.969 bits per heavy atom. The topological polar surface area (TPSA) is 74.1 Å². The molecule has 6 nitrogen and oxygen atoms in total. The third-order valence-electron chi connectivity index (χ3n) is 5.91. The van der Waals surface area contributed by atoms with Gasteiger partial charge in [0.2, 0.25) is 0 Å². The summed E-state index contributed by atoms with van der Waals surface area (Å²) < 4.78 is 0.965. The van der Waals surface area contributed by atoms with E-state index in [1.165, 1.54) is 5.56 Å². The number of halogens is 2. The van der Waals surface area contributed by atoms with Crippen molar-refractivity contribution in [2.75, 3.05) is 31.1 Å². The van der Waals surface area contributed by atoms with Crippen LogP contribution in [0.25, 0.3) is 22.6 Å². The van der Waals surface area contributed by atoms with Gasteiger partial charge >= 0.3 is 0 Å². The number of nitrogens with two attached hydrogens (primary N) is 1. The summed E-state index contributed by atoms with van der Waals surface area (Å²) in [6.07, 6.45) is 1.86. The van der Waals surface area contributed by atoms with Gasteiger partial charge in [-0.15, -0.1) is 0 Å². The molecule has 0 spiro atoms. The van der Waals surface area contributed by atoms with E-state index in [0.717, 1.165) is 76.0 Å². The van der Waals surface area contributed by atoms with Crippen molar-refractivity contribution in [1.29, 1.82) is 0 Å². The number of anilines is 1. The number of imidazole rings is 1. The number of rotatable bonds is 5. The van der Waals surface area contributed by atoms with E-state index in [-0.39, 0.29) is 0 Å². The SMILES string of the molecule is NCc1ccc(-c2nc3c(N4CCN(Cc5ccc(Cl)cc5)CC4)c(Br)cnc3[nH]2)cc1. The molecule has 1 saturated heterocycles. The first kappa shape index (κ1) is 21.4. The summed E-state index contributed by atoms with van der Waals surface area (Å²) in [6, 6.07) is 16.3. The van der Waals surface area contributed by atoms with Crippen LogP contribution in [0.4, 0.5) is 5.69 Å². The van der Waals surface area contributed by atoms with Gasteiger partial charge in [-0.1, -0.05) is 48.0 Å². The second-order valence-corrected chi connectivity index (χ2v) is 9.32. The molecule has 2 aromatic heterocycles. The molecule has 0 saturated carbocycles. The highest BCUT2D eigenvalue weighted by Crippen LogP contribution is 2.34. The molecule has 3 N–H and O–H groups in total. The minimum Gasteiger partial charge on any atom is -0.366 e. The van der Waals surface area contributed by atoms with Crippen molar-refractivity contribution < 1.29 is 0 Å². The van der Waals surface area contributed by atoms with Crippen molar-refractivity contribution >= 4 is 44.4 Å². The van der Waals surface area contributed by atoms with Crippen molar-refractivity contribution in [3.63, 3.8) is 0 Å². The fraction of sp³-hybridized carbons (Fsp3) is 0.250. The van der Waals surface area contributed by atoms with Gasteiger partial charge in [0.25, 0.3) is 0 Å². The van der Waals surface area contributed by atoms with E-state index in [1.54, 1.807) is 0 Å². The predicted molar refractivity (Wildman–Crippen MR) is 134 cm³/mol. The van der Waals surface area contributed by atoms with Gasteiger partial charge in [-0.25, -0.2) is 9.97 Å². The van der Waals surface area contributed by atoms with Gasteiger partial charge in [0.15, 0.2) is 5.65 Å². The molecule has 32 heavy (non-hydrogen) atoms. The van der Waals surface area contributed by atoms with Gasteiger partial charge < -0.3 is 15.6 Å². The number of hydrogen-bond donors (Lipinski definition) is 2. The lowest BCUT2D eigenvalue weighted by Gasteiger charge is -2.36. The Labute approximate surface area is 200 Å². The predicted octanol–water partition coefficient (Wildman–Crippen LogP) is 4.82. The molecule has 0 radical (unpaired) electrons. The Balaban J connectivity index is 1.36. The summed E-state index contributed by atoms with van der Waals surface area (Å²) in [7, 11) is 0. The molecule has 0 atom stereocenters. The average Bonchev–Trinajstić information content (AvgIpc) is 3.25. The molecule has 0 unspecified atom stereocenters. The molecule has 3 heterocycles. The van der Waals surface area contributed by atoms with E-state index in [4.69, 9.17) is 22.3 Å². The Kier molecular flexibility index (Phi) is 6.15. The molecule has 0 amide bonds. The summed E-state index contributed by atoms with van der Waals surface area (Å²) in [5.74, 6) is 0.816. The van der Waals surface area contributed by atoms with E-state index in [2.05, 4.69) is 47.8 Å². The minimum absolute atomic E-state index is 0.531. The quantitative estimate of drug-likeness (QED) is 0.402. The summed E-state index contributed by atoms with van der Waals surface area (Å²) in [4.78, 5) is 17.7. The molecule has 0 aliphatic carbocycles. The van der Waals surface area contributed by atoms with Crippen molar-refractivity contribution in [3.05, 3.63) is 75.4 Å². The number of fused-ring (bicyclic) bond motifs is 1. The second-order valence-electron chi connectivity index (χ2n) is 8.03. The Bertz CT molecular complexity index is 1210. The summed E-state index contributed by atoms with van der Waals surface area (Å²) in [5, 5.41) is 0.777. The van der Waals surface area contributed by atoms with Crippen molar-refractivity contribution in [3.8, 4) is 11.4 Å². The molecule has 1 aliphatic rings. The molecule has 5 rings (SSSR count). The van der Waals surface area contributed by atoms with Crippen LogP contribution in [0.2, 0.25) is 5.02 Å². The number of nitrogens with one attached hydrogen (secondary N) is 1. The monoisotopic (exact) mass is 510 g/mol. The fourth-order valence-electron chi connectivity index (χ4n) is 4.13. The van der Waals surface area contributed by atoms with Gasteiger partial charge in [-0.3, -0.25) is 4.90 Å². The number of hydrogen-bond acceptors (Lipinski definition) is 5. The average molecular weight is 512 g/mol.